The van der Waals surface area contributed by atoms with Gasteiger partial charge in [0.05, 0.1) is 37.9 Å². The van der Waals surface area contributed by atoms with Crippen LogP contribution in [0.1, 0.15) is 118 Å². The Morgan fingerprint density at radius 1 is 0.944 bits per heavy atom. The van der Waals surface area contributed by atoms with Gasteiger partial charge in [0, 0.05) is 28.8 Å². The third-order valence-electron chi connectivity index (χ3n) is 9.19. The van der Waals surface area contributed by atoms with Gasteiger partial charge in [0.1, 0.15) is 12.5 Å². The van der Waals surface area contributed by atoms with Crippen LogP contribution in [-0.4, -0.2) is 64.5 Å². The van der Waals surface area contributed by atoms with Crippen molar-refractivity contribution in [2.45, 2.75) is 132 Å². The summed E-state index contributed by atoms with van der Waals surface area (Å²) in [6, 6.07) is 12.7. The van der Waals surface area contributed by atoms with E-state index in [0.29, 0.717) is 41.5 Å². The van der Waals surface area contributed by atoms with Crippen molar-refractivity contribution in [3.8, 4) is 5.75 Å². The van der Waals surface area contributed by atoms with Gasteiger partial charge >= 0.3 is 0 Å². The summed E-state index contributed by atoms with van der Waals surface area (Å²) in [6.07, 6.45) is 8.52. The number of H-pyrrole nitrogens is 1. The number of aromatic nitrogens is 4. The van der Waals surface area contributed by atoms with Crippen molar-refractivity contribution in [3.05, 3.63) is 64.1 Å². The number of nitrogens with zero attached hydrogens (tertiary/aromatic N) is 5. The van der Waals surface area contributed by atoms with Gasteiger partial charge in [-0.25, -0.2) is 12.9 Å². The van der Waals surface area contributed by atoms with E-state index < -0.39 is 15.4 Å². The molecule has 0 unspecified atom stereocenters. The first kappa shape index (κ1) is 43.5. The molecule has 0 radical (unpaired) electrons. The number of nitrogens with one attached hydrogen (secondary N) is 2. The minimum Gasteiger partial charge on any atom is -0.478 e. The van der Waals surface area contributed by atoms with E-state index >= 15 is 0 Å². The Morgan fingerprint density at radius 2 is 1.65 bits per heavy atom. The zero-order valence-electron chi connectivity index (χ0n) is 33.2. The normalized spacial score (nSPS) is 12.4. The first-order chi connectivity index (χ1) is 25.6. The summed E-state index contributed by atoms with van der Waals surface area (Å²) >= 11 is 3.03. The second kappa shape index (κ2) is 19.5. The van der Waals surface area contributed by atoms with Crippen LogP contribution >= 0.6 is 23.5 Å². The smallest absolute Gasteiger partial charge is 0.286 e. The highest BCUT2D eigenvalue weighted by atomic mass is 32.2. The van der Waals surface area contributed by atoms with E-state index in [1.165, 1.54) is 59.6 Å². The van der Waals surface area contributed by atoms with Crippen molar-refractivity contribution < 1.29 is 18.1 Å². The van der Waals surface area contributed by atoms with Crippen molar-refractivity contribution in [1.29, 1.82) is 0 Å². The summed E-state index contributed by atoms with van der Waals surface area (Å²) in [7, 11) is -3.50. The summed E-state index contributed by atoms with van der Waals surface area (Å²) in [5, 5.41) is 28.1. The highest BCUT2D eigenvalue weighted by Gasteiger charge is 2.33. The van der Waals surface area contributed by atoms with Crippen molar-refractivity contribution in [3.63, 3.8) is 0 Å². The fourth-order valence-corrected chi connectivity index (χ4v) is 10.3. The highest BCUT2D eigenvalue weighted by molar-refractivity contribution is 8.00. The van der Waals surface area contributed by atoms with E-state index in [1.54, 1.807) is 12.1 Å². The standard InChI is InChI=1S/C39H59N7O5S3/c1-9-12-14-15-16-19-24-52-32-23-22-29(26-31(32)46(47)48)51-28-40-27-39(7,8)37-42-41-36-34(35(38(4,5)6)43-45(36)37)53-33-21-18-17-20-30(33)44(11-3)54(49,50)25-13-10-2/h17-18,20-23,26,40,43H,9-16,19,24-25,27-28H2,1-8H3. The Balaban J connectivity index is 1.48. The number of unbranched alkanes of at least 4 members (excludes halogenated alkanes) is 6. The molecule has 2 heterocycles. The van der Waals surface area contributed by atoms with Gasteiger partial charge in [-0.2, -0.15) is 0 Å². The Morgan fingerprint density at radius 3 is 2.33 bits per heavy atom. The molecule has 0 fully saturated rings. The van der Waals surface area contributed by atoms with E-state index in [9.17, 15) is 18.5 Å². The number of benzene rings is 2. The van der Waals surface area contributed by atoms with Gasteiger partial charge in [0.2, 0.25) is 10.0 Å². The highest BCUT2D eigenvalue weighted by Crippen LogP contribution is 2.43. The van der Waals surface area contributed by atoms with Crippen molar-refractivity contribution in [1.82, 2.24) is 25.1 Å². The van der Waals surface area contributed by atoms with Crippen LogP contribution in [0.3, 0.4) is 0 Å². The maximum absolute atomic E-state index is 13.4. The molecule has 2 N–H and O–H groups in total. The van der Waals surface area contributed by atoms with Crippen LogP contribution in [0.4, 0.5) is 11.4 Å². The maximum Gasteiger partial charge on any atom is 0.286 e. The van der Waals surface area contributed by atoms with Gasteiger partial charge < -0.3 is 4.74 Å². The number of fused-ring (bicyclic) bond motifs is 1. The number of aromatic amines is 1. The lowest BCUT2D eigenvalue weighted by Crippen LogP contribution is -2.36. The number of ether oxygens (including phenoxy) is 1. The van der Waals surface area contributed by atoms with Gasteiger partial charge in [0.25, 0.3) is 5.69 Å². The van der Waals surface area contributed by atoms with Crippen LogP contribution in [0.25, 0.3) is 5.65 Å². The molecule has 12 nitrogen and oxygen atoms in total. The maximum atomic E-state index is 13.4. The molecule has 4 aromatic rings. The van der Waals surface area contributed by atoms with Crippen molar-refractivity contribution in [2.24, 2.45) is 0 Å². The topological polar surface area (TPSA) is 148 Å². The van der Waals surface area contributed by atoms with E-state index in [4.69, 9.17) is 4.74 Å². The monoisotopic (exact) mass is 801 g/mol. The second-order valence-electron chi connectivity index (χ2n) is 15.3. The molecule has 0 aliphatic rings. The Hall–Kier alpha value is -3.27. The molecule has 0 aliphatic carbocycles. The van der Waals surface area contributed by atoms with Crippen molar-refractivity contribution >= 4 is 50.6 Å². The zero-order chi connectivity index (χ0) is 39.5. The molecule has 2 aromatic carbocycles. The Bertz CT molecular complexity index is 1940. The number of hydrogen-bond acceptors (Lipinski definition) is 10. The molecule has 0 saturated heterocycles. The lowest BCUT2D eigenvalue weighted by molar-refractivity contribution is -0.387. The lowest BCUT2D eigenvalue weighted by atomic mass is 9.92. The summed E-state index contributed by atoms with van der Waals surface area (Å²) < 4.78 is 36.1. The molecule has 2 aromatic heterocycles. The predicted octanol–water partition coefficient (Wildman–Crippen LogP) is 9.73. The Kier molecular flexibility index (Phi) is 15.7. The molecule has 0 spiro atoms. The number of rotatable bonds is 23. The number of thioether (sulfide) groups is 1. The SMILES string of the molecule is CCCCCCCCSc1ccc(OCNCC(C)(C)c2nnc3c(Sc4ccccc4N(CC)S(=O)(=O)CCCC)c(C(C)(C)C)[nH]n23)cc1[N+](=O)[O-]. The molecule has 0 bridgehead atoms. The van der Waals surface area contributed by atoms with Crippen LogP contribution < -0.4 is 14.4 Å². The summed E-state index contributed by atoms with van der Waals surface area (Å²) in [5.41, 5.74) is 1.56. The minimum absolute atomic E-state index is 0.0629. The second-order valence-corrected chi connectivity index (χ2v) is 19.5. The summed E-state index contributed by atoms with van der Waals surface area (Å²) in [5.74, 6) is 2.10. The molecule has 0 saturated carbocycles. The van der Waals surface area contributed by atoms with Crippen molar-refractivity contribution in [2.75, 3.05) is 35.6 Å². The van der Waals surface area contributed by atoms with Gasteiger partial charge in [-0.3, -0.25) is 24.8 Å². The molecule has 54 heavy (non-hydrogen) atoms. The van der Waals surface area contributed by atoms with Gasteiger partial charge in [-0.1, -0.05) is 111 Å². The minimum atomic E-state index is -3.50. The van der Waals surface area contributed by atoms with E-state index in [0.717, 1.165) is 46.3 Å². The van der Waals surface area contributed by atoms with Gasteiger partial charge in [-0.15, -0.1) is 22.0 Å². The fourth-order valence-electron chi connectivity index (χ4n) is 6.16. The predicted molar refractivity (Wildman–Crippen MR) is 222 cm³/mol. The fraction of sp³-hybridized carbons (Fsp3) is 0.590. The zero-order valence-corrected chi connectivity index (χ0v) is 35.7. The molecular formula is C39H59N7O5S3. The average molecular weight is 802 g/mol. The number of anilines is 1. The van der Waals surface area contributed by atoms with Crippen LogP contribution in [0.2, 0.25) is 0 Å². The summed E-state index contributed by atoms with van der Waals surface area (Å²) in [6.45, 7) is 17.5. The molecule has 298 valence electrons. The molecular weight excluding hydrogens is 743 g/mol. The quantitative estimate of drug-likeness (QED) is 0.0244. The van der Waals surface area contributed by atoms with Crippen LogP contribution in [0, 0.1) is 10.1 Å². The summed E-state index contributed by atoms with van der Waals surface area (Å²) in [4.78, 5) is 13.9. The van der Waals surface area contributed by atoms with Gasteiger partial charge in [-0.05, 0) is 49.8 Å². The molecule has 0 amide bonds. The Labute approximate surface area is 330 Å². The van der Waals surface area contributed by atoms with Crippen LogP contribution in [0.5, 0.6) is 5.75 Å². The number of para-hydroxylation sites is 1. The number of sulfonamides is 1. The first-order valence-corrected chi connectivity index (χ1v) is 22.6. The van der Waals surface area contributed by atoms with E-state index in [-0.39, 0.29) is 28.5 Å². The van der Waals surface area contributed by atoms with E-state index in [1.807, 2.05) is 42.6 Å². The number of nitro groups is 1. The van der Waals surface area contributed by atoms with Crippen LogP contribution in [-0.2, 0) is 20.9 Å². The lowest BCUT2D eigenvalue weighted by Gasteiger charge is -2.25. The number of hydrogen-bond donors (Lipinski definition) is 2. The molecule has 0 aliphatic heterocycles. The van der Waals surface area contributed by atoms with Crippen LogP contribution in [0.15, 0.2) is 57.2 Å². The number of nitro benzene ring substituents is 1. The van der Waals surface area contributed by atoms with E-state index in [2.05, 4.69) is 62.2 Å². The third kappa shape index (κ3) is 11.2. The molecule has 4 rings (SSSR count). The molecule has 15 heteroatoms. The largest absolute Gasteiger partial charge is 0.478 e. The first-order valence-electron chi connectivity index (χ1n) is 19.1. The molecule has 0 atom stereocenters. The third-order valence-corrected chi connectivity index (χ3v) is 13.4. The average Bonchev–Trinajstić information content (AvgIpc) is 3.71. The van der Waals surface area contributed by atoms with Gasteiger partial charge in [0.15, 0.2) is 11.5 Å².